The number of methoxy groups -OCH3 is 1. The standard InChI is InChI=1S/C19H18N2O8S/c1-27-18(22)17-13-8-5-9-15(28-11-12-6-3-2-4-7-12)16(13)14-10-20(17)19(23)21(14)29-30(24,25)26/h2-9,14,17H,10-11H2,1H3,(H,24,25,26)/t14-,17+/m0/s1. The number of ether oxygens (including phenoxy) is 2. The minimum absolute atomic E-state index is 0.0488. The first-order valence-electron chi connectivity index (χ1n) is 8.94. The van der Waals surface area contributed by atoms with Gasteiger partial charge in [0.05, 0.1) is 13.7 Å². The van der Waals surface area contributed by atoms with Gasteiger partial charge in [0.25, 0.3) is 0 Å². The van der Waals surface area contributed by atoms with Gasteiger partial charge in [0, 0.05) is 5.56 Å². The molecule has 1 fully saturated rings. The van der Waals surface area contributed by atoms with E-state index in [0.717, 1.165) is 10.5 Å². The van der Waals surface area contributed by atoms with Crippen molar-refractivity contribution in [1.29, 1.82) is 0 Å². The summed E-state index contributed by atoms with van der Waals surface area (Å²) in [6.45, 7) is 0.163. The van der Waals surface area contributed by atoms with Crippen molar-refractivity contribution in [3.63, 3.8) is 0 Å². The van der Waals surface area contributed by atoms with Crippen LogP contribution in [-0.4, -0.2) is 48.6 Å². The van der Waals surface area contributed by atoms with Gasteiger partial charge in [-0.1, -0.05) is 42.5 Å². The van der Waals surface area contributed by atoms with Crippen LogP contribution in [0.1, 0.15) is 28.8 Å². The van der Waals surface area contributed by atoms with E-state index < -0.39 is 34.5 Å². The van der Waals surface area contributed by atoms with Crippen LogP contribution < -0.4 is 4.74 Å². The largest absolute Gasteiger partial charge is 0.489 e. The first-order chi connectivity index (χ1) is 14.3. The molecule has 158 valence electrons. The van der Waals surface area contributed by atoms with Crippen LogP contribution in [0.25, 0.3) is 0 Å². The Bertz CT molecular complexity index is 1090. The molecular weight excluding hydrogens is 416 g/mol. The van der Waals surface area contributed by atoms with Gasteiger partial charge in [0.2, 0.25) is 0 Å². The van der Waals surface area contributed by atoms with Crippen LogP contribution in [0.2, 0.25) is 0 Å². The minimum atomic E-state index is -4.97. The number of esters is 1. The van der Waals surface area contributed by atoms with Gasteiger partial charge in [0.15, 0.2) is 6.04 Å². The smallest absolute Gasteiger partial charge is 0.418 e. The SMILES string of the molecule is COC(=O)[C@H]1c2cccc(OCc3ccccc3)c2[C@@H]2CN1C(=O)N2OS(=O)(=O)O. The summed E-state index contributed by atoms with van der Waals surface area (Å²) < 4.78 is 47.0. The fourth-order valence-electron chi connectivity index (χ4n) is 3.76. The summed E-state index contributed by atoms with van der Waals surface area (Å²) in [5.41, 5.74) is 1.73. The highest BCUT2D eigenvalue weighted by Crippen LogP contribution is 2.48. The van der Waals surface area contributed by atoms with Crippen LogP contribution in [0.5, 0.6) is 5.75 Å². The second-order valence-electron chi connectivity index (χ2n) is 6.74. The summed E-state index contributed by atoms with van der Waals surface area (Å²) in [6.07, 6.45) is 0. The summed E-state index contributed by atoms with van der Waals surface area (Å²) >= 11 is 0. The van der Waals surface area contributed by atoms with E-state index >= 15 is 0 Å². The molecule has 0 spiro atoms. The molecule has 11 heteroatoms. The number of hydrogen-bond donors (Lipinski definition) is 1. The zero-order chi connectivity index (χ0) is 21.5. The van der Waals surface area contributed by atoms with Crippen molar-refractivity contribution < 1.29 is 36.3 Å². The molecule has 1 saturated heterocycles. The molecule has 0 saturated carbocycles. The Morgan fingerprint density at radius 2 is 1.90 bits per heavy atom. The second-order valence-corrected chi connectivity index (χ2v) is 7.74. The lowest BCUT2D eigenvalue weighted by molar-refractivity contribution is -0.146. The topological polar surface area (TPSA) is 123 Å². The molecule has 0 unspecified atom stereocenters. The molecular formula is C19H18N2O8S. The van der Waals surface area contributed by atoms with Crippen molar-refractivity contribution in [3.05, 3.63) is 65.2 Å². The molecule has 10 nitrogen and oxygen atoms in total. The number of fused-ring (bicyclic) bond motifs is 4. The van der Waals surface area contributed by atoms with Crippen LogP contribution in [0.3, 0.4) is 0 Å². The average Bonchev–Trinajstić information content (AvgIpc) is 2.98. The summed E-state index contributed by atoms with van der Waals surface area (Å²) in [7, 11) is -3.78. The number of hydrogen-bond acceptors (Lipinski definition) is 7. The van der Waals surface area contributed by atoms with E-state index in [1.807, 2.05) is 30.3 Å². The van der Waals surface area contributed by atoms with Crippen molar-refractivity contribution >= 4 is 22.4 Å². The lowest BCUT2D eigenvalue weighted by Gasteiger charge is -2.32. The Kier molecular flexibility index (Phi) is 5.10. The molecule has 0 aliphatic carbocycles. The third kappa shape index (κ3) is 3.58. The normalized spacial score (nSPS) is 20.1. The first-order valence-corrected chi connectivity index (χ1v) is 10.3. The molecule has 2 aromatic rings. The van der Waals surface area contributed by atoms with Crippen LogP contribution in [0, 0.1) is 0 Å². The zero-order valence-electron chi connectivity index (χ0n) is 15.8. The lowest BCUT2D eigenvalue weighted by atomic mass is 9.90. The predicted octanol–water partition coefficient (Wildman–Crippen LogP) is 2.01. The molecule has 2 heterocycles. The Labute approximate surface area is 172 Å². The van der Waals surface area contributed by atoms with E-state index in [4.69, 9.17) is 14.0 Å². The number of carbonyl (C=O) groups is 2. The molecule has 1 N–H and O–H groups in total. The number of amides is 2. The van der Waals surface area contributed by atoms with Gasteiger partial charge in [0.1, 0.15) is 18.4 Å². The van der Waals surface area contributed by atoms with Crippen molar-refractivity contribution in [2.45, 2.75) is 18.7 Å². The molecule has 2 amide bonds. The van der Waals surface area contributed by atoms with E-state index in [0.29, 0.717) is 21.9 Å². The van der Waals surface area contributed by atoms with Crippen molar-refractivity contribution in [3.8, 4) is 5.75 Å². The van der Waals surface area contributed by atoms with E-state index in [9.17, 15) is 18.0 Å². The first kappa shape index (κ1) is 20.1. The molecule has 2 bridgehead atoms. The molecule has 30 heavy (non-hydrogen) atoms. The van der Waals surface area contributed by atoms with Crippen molar-refractivity contribution in [1.82, 2.24) is 9.96 Å². The van der Waals surface area contributed by atoms with Gasteiger partial charge in [-0.2, -0.15) is 13.5 Å². The Balaban J connectivity index is 1.77. The zero-order valence-corrected chi connectivity index (χ0v) is 16.6. The lowest BCUT2D eigenvalue weighted by Crippen LogP contribution is -2.39. The molecule has 2 aliphatic heterocycles. The number of hydroxylamine groups is 2. The maximum Gasteiger partial charge on any atom is 0.418 e. The van der Waals surface area contributed by atoms with Crippen LogP contribution >= 0.6 is 0 Å². The Hall–Kier alpha value is -3.15. The van der Waals surface area contributed by atoms with Gasteiger partial charge in [-0.15, -0.1) is 4.28 Å². The fraction of sp³-hybridized carbons (Fsp3) is 0.263. The quantitative estimate of drug-likeness (QED) is 0.541. The predicted molar refractivity (Wildman–Crippen MR) is 101 cm³/mol. The Morgan fingerprint density at radius 1 is 1.17 bits per heavy atom. The summed E-state index contributed by atoms with van der Waals surface area (Å²) in [5.74, 6) is -0.342. The summed E-state index contributed by atoms with van der Waals surface area (Å²) in [4.78, 5) is 26.3. The van der Waals surface area contributed by atoms with Gasteiger partial charge in [-0.05, 0) is 17.2 Å². The van der Waals surface area contributed by atoms with E-state index in [2.05, 4.69) is 4.28 Å². The maximum atomic E-state index is 12.8. The monoisotopic (exact) mass is 434 g/mol. The van der Waals surface area contributed by atoms with Gasteiger partial charge in [-0.3, -0.25) is 4.55 Å². The van der Waals surface area contributed by atoms with Crippen LogP contribution in [0.4, 0.5) is 4.79 Å². The van der Waals surface area contributed by atoms with E-state index in [-0.39, 0.29) is 13.2 Å². The third-order valence-electron chi connectivity index (χ3n) is 4.96. The van der Waals surface area contributed by atoms with E-state index in [1.54, 1.807) is 18.2 Å². The minimum Gasteiger partial charge on any atom is -0.489 e. The molecule has 2 aliphatic rings. The number of benzene rings is 2. The maximum absolute atomic E-state index is 12.8. The summed E-state index contributed by atoms with van der Waals surface area (Å²) in [6, 6.07) is 11.4. The molecule has 2 aromatic carbocycles. The number of nitrogens with zero attached hydrogens (tertiary/aromatic N) is 2. The highest BCUT2D eigenvalue weighted by molar-refractivity contribution is 7.80. The number of carbonyl (C=O) groups excluding carboxylic acids is 2. The number of rotatable bonds is 6. The van der Waals surface area contributed by atoms with E-state index in [1.165, 1.54) is 7.11 Å². The fourth-order valence-corrected chi connectivity index (χ4v) is 4.13. The van der Waals surface area contributed by atoms with Gasteiger partial charge >= 0.3 is 22.4 Å². The Morgan fingerprint density at radius 3 is 2.57 bits per heavy atom. The molecule has 0 radical (unpaired) electrons. The summed E-state index contributed by atoms with van der Waals surface area (Å²) in [5, 5.41) is 0.534. The highest BCUT2D eigenvalue weighted by atomic mass is 32.3. The van der Waals surface area contributed by atoms with Crippen molar-refractivity contribution in [2.24, 2.45) is 0 Å². The molecule has 0 aromatic heterocycles. The molecule has 2 atom stereocenters. The van der Waals surface area contributed by atoms with Gasteiger partial charge in [-0.25, -0.2) is 9.59 Å². The van der Waals surface area contributed by atoms with Crippen LogP contribution in [-0.2, 0) is 30.8 Å². The average molecular weight is 434 g/mol. The van der Waals surface area contributed by atoms with Gasteiger partial charge < -0.3 is 14.4 Å². The molecule has 4 rings (SSSR count). The second kappa shape index (κ2) is 7.59. The highest BCUT2D eigenvalue weighted by Gasteiger charge is 2.53. The number of urea groups is 1. The third-order valence-corrected chi connectivity index (χ3v) is 5.31. The van der Waals surface area contributed by atoms with Crippen molar-refractivity contribution in [2.75, 3.05) is 13.7 Å². The van der Waals surface area contributed by atoms with Crippen LogP contribution in [0.15, 0.2) is 48.5 Å².